The van der Waals surface area contributed by atoms with Gasteiger partial charge in [0, 0.05) is 73.3 Å². The third-order valence-electron chi connectivity index (χ3n) is 5.36. The van der Waals surface area contributed by atoms with Crippen LogP contribution in [0.4, 0.5) is 23.1 Å². The zero-order valence-electron chi connectivity index (χ0n) is 20.8. The summed E-state index contributed by atoms with van der Waals surface area (Å²) in [5.41, 5.74) is 9.76. The summed E-state index contributed by atoms with van der Waals surface area (Å²) in [5.74, 6) is 3.05. The van der Waals surface area contributed by atoms with Crippen molar-refractivity contribution in [3.05, 3.63) is 71.9 Å². The van der Waals surface area contributed by atoms with Gasteiger partial charge in [-0.25, -0.2) is 10.4 Å². The van der Waals surface area contributed by atoms with Crippen molar-refractivity contribution >= 4 is 82.0 Å². The second-order valence-electron chi connectivity index (χ2n) is 7.92. The maximum Gasteiger partial charge on any atom is 0.245 e. The molecule has 0 saturated carbocycles. The number of benzene rings is 2. The standard InChI is InChI=1S/C26H30Cl4N8/c27-10-15-37(16-11-28)23-5-1-21(2-6-23)19-32-35-25-9-14-31-26(34-25)36-33-20-22-3-7-24(8-4-22)38(17-12-29)18-13-30/h1-9,14,19-20H,10-13,15-18H2,(H2,31,34,35,36). The number of aromatic nitrogens is 2. The molecule has 1 heterocycles. The highest BCUT2D eigenvalue weighted by atomic mass is 35.5. The summed E-state index contributed by atoms with van der Waals surface area (Å²) in [4.78, 5) is 12.8. The zero-order chi connectivity index (χ0) is 27.0. The molecule has 0 saturated heterocycles. The van der Waals surface area contributed by atoms with Gasteiger partial charge in [-0.05, 0) is 35.4 Å². The summed E-state index contributed by atoms with van der Waals surface area (Å²) < 4.78 is 0. The van der Waals surface area contributed by atoms with Gasteiger partial charge in [0.25, 0.3) is 0 Å². The Kier molecular flexibility index (Phi) is 13.3. The van der Waals surface area contributed by atoms with E-state index in [1.54, 1.807) is 24.7 Å². The first-order valence-corrected chi connectivity index (χ1v) is 14.2. The molecule has 3 aromatic rings. The van der Waals surface area contributed by atoms with Gasteiger partial charge in [0.1, 0.15) is 0 Å². The van der Waals surface area contributed by atoms with E-state index in [1.165, 1.54) is 0 Å². The van der Waals surface area contributed by atoms with Crippen LogP contribution in [0.5, 0.6) is 0 Å². The molecule has 3 rings (SSSR count). The van der Waals surface area contributed by atoms with Gasteiger partial charge in [0.2, 0.25) is 5.95 Å². The van der Waals surface area contributed by atoms with E-state index in [2.05, 4.69) is 40.8 Å². The number of hydrogen-bond donors (Lipinski definition) is 2. The SMILES string of the molecule is ClCCN(CCCl)c1ccc(C=NNc2ccnc(NN=Cc3ccc(N(CCCl)CCCl)cc3)n2)cc1. The van der Waals surface area contributed by atoms with Crippen LogP contribution >= 0.6 is 46.4 Å². The first-order chi connectivity index (χ1) is 18.7. The van der Waals surface area contributed by atoms with Crippen LogP contribution in [0, 0.1) is 0 Å². The predicted octanol–water partition coefficient (Wildman–Crippen LogP) is 5.94. The van der Waals surface area contributed by atoms with Crippen molar-refractivity contribution in [2.75, 3.05) is 70.4 Å². The van der Waals surface area contributed by atoms with E-state index in [0.717, 1.165) is 48.7 Å². The van der Waals surface area contributed by atoms with Gasteiger partial charge in [0.15, 0.2) is 5.82 Å². The molecule has 1 aromatic heterocycles. The first-order valence-electron chi connectivity index (χ1n) is 12.0. The maximum atomic E-state index is 5.89. The molecule has 0 unspecified atom stereocenters. The molecule has 0 atom stereocenters. The van der Waals surface area contributed by atoms with Crippen LogP contribution < -0.4 is 20.7 Å². The fourth-order valence-corrected chi connectivity index (χ4v) is 4.32. The van der Waals surface area contributed by atoms with Gasteiger partial charge < -0.3 is 9.80 Å². The maximum absolute atomic E-state index is 5.89. The minimum Gasteiger partial charge on any atom is -0.369 e. The topological polar surface area (TPSA) is 81.0 Å². The highest BCUT2D eigenvalue weighted by Gasteiger charge is 2.06. The lowest BCUT2D eigenvalue weighted by atomic mass is 10.2. The minimum absolute atomic E-state index is 0.344. The van der Waals surface area contributed by atoms with E-state index in [1.807, 2.05) is 48.5 Å². The summed E-state index contributed by atoms with van der Waals surface area (Å²) in [5, 5.41) is 8.50. The van der Waals surface area contributed by atoms with Gasteiger partial charge in [-0.1, -0.05) is 24.3 Å². The fraction of sp³-hybridized carbons (Fsp3) is 0.308. The monoisotopic (exact) mass is 594 g/mol. The van der Waals surface area contributed by atoms with E-state index in [0.29, 0.717) is 35.3 Å². The smallest absolute Gasteiger partial charge is 0.245 e. The van der Waals surface area contributed by atoms with Crippen molar-refractivity contribution in [2.24, 2.45) is 10.2 Å². The van der Waals surface area contributed by atoms with Crippen LogP contribution in [0.2, 0.25) is 0 Å². The number of anilines is 4. The van der Waals surface area contributed by atoms with Crippen LogP contribution in [0.15, 0.2) is 71.0 Å². The Balaban J connectivity index is 1.52. The van der Waals surface area contributed by atoms with E-state index in [4.69, 9.17) is 46.4 Å². The average Bonchev–Trinajstić information content (AvgIpc) is 2.94. The van der Waals surface area contributed by atoms with Crippen molar-refractivity contribution in [1.82, 2.24) is 9.97 Å². The third kappa shape index (κ3) is 9.83. The van der Waals surface area contributed by atoms with Crippen LogP contribution in [0.1, 0.15) is 11.1 Å². The number of halogens is 4. The summed E-state index contributed by atoms with van der Waals surface area (Å²) in [6, 6.07) is 17.7. The average molecular weight is 596 g/mol. The van der Waals surface area contributed by atoms with Gasteiger partial charge in [-0.15, -0.1) is 46.4 Å². The molecule has 0 aliphatic carbocycles. The fourth-order valence-electron chi connectivity index (χ4n) is 3.50. The molecule has 12 heteroatoms. The van der Waals surface area contributed by atoms with Crippen LogP contribution in [-0.4, -0.2) is 72.1 Å². The quantitative estimate of drug-likeness (QED) is 0.121. The lowest BCUT2D eigenvalue weighted by Crippen LogP contribution is -2.27. The van der Waals surface area contributed by atoms with Crippen molar-refractivity contribution in [3.63, 3.8) is 0 Å². The summed E-state index contributed by atoms with van der Waals surface area (Å²) in [7, 11) is 0. The number of hydrazone groups is 2. The molecule has 2 N–H and O–H groups in total. The largest absolute Gasteiger partial charge is 0.369 e. The van der Waals surface area contributed by atoms with Crippen molar-refractivity contribution < 1.29 is 0 Å². The molecular weight excluding hydrogens is 566 g/mol. The minimum atomic E-state index is 0.344. The molecule has 0 aliphatic heterocycles. The number of rotatable bonds is 16. The van der Waals surface area contributed by atoms with Gasteiger partial charge >= 0.3 is 0 Å². The Morgan fingerprint density at radius 3 is 1.53 bits per heavy atom. The van der Waals surface area contributed by atoms with Gasteiger partial charge in [-0.2, -0.15) is 15.2 Å². The Hall–Kier alpha value is -2.78. The Morgan fingerprint density at radius 2 is 1.08 bits per heavy atom. The molecule has 0 radical (unpaired) electrons. The molecule has 0 fully saturated rings. The zero-order valence-corrected chi connectivity index (χ0v) is 23.8. The van der Waals surface area contributed by atoms with Crippen LogP contribution in [0.25, 0.3) is 0 Å². The lowest BCUT2D eigenvalue weighted by molar-refractivity contribution is 0.874. The predicted molar refractivity (Wildman–Crippen MR) is 165 cm³/mol. The summed E-state index contributed by atoms with van der Waals surface area (Å²) in [6.07, 6.45) is 5.04. The first kappa shape index (κ1) is 29.8. The van der Waals surface area contributed by atoms with Crippen LogP contribution in [-0.2, 0) is 0 Å². The highest BCUT2D eigenvalue weighted by Crippen LogP contribution is 2.16. The molecule has 0 bridgehead atoms. The Morgan fingerprint density at radius 1 is 0.632 bits per heavy atom. The molecule has 202 valence electrons. The third-order valence-corrected chi connectivity index (χ3v) is 6.04. The number of alkyl halides is 4. The van der Waals surface area contributed by atoms with E-state index < -0.39 is 0 Å². The molecule has 2 aromatic carbocycles. The second-order valence-corrected chi connectivity index (χ2v) is 9.43. The normalized spacial score (nSPS) is 11.3. The van der Waals surface area contributed by atoms with Crippen molar-refractivity contribution in [2.45, 2.75) is 0 Å². The van der Waals surface area contributed by atoms with Crippen molar-refractivity contribution in [1.29, 1.82) is 0 Å². The van der Waals surface area contributed by atoms with E-state index in [-0.39, 0.29) is 0 Å². The molecular formula is C26H30Cl4N8. The number of hydrogen-bond acceptors (Lipinski definition) is 8. The highest BCUT2D eigenvalue weighted by molar-refractivity contribution is 6.19. The molecule has 0 spiro atoms. The van der Waals surface area contributed by atoms with Gasteiger partial charge in [0.05, 0.1) is 12.4 Å². The van der Waals surface area contributed by atoms with E-state index in [9.17, 15) is 0 Å². The van der Waals surface area contributed by atoms with Crippen molar-refractivity contribution in [3.8, 4) is 0 Å². The number of nitrogens with one attached hydrogen (secondary N) is 2. The Bertz CT molecular complexity index is 1040. The van der Waals surface area contributed by atoms with Gasteiger partial charge in [-0.3, -0.25) is 5.43 Å². The summed E-state index contributed by atoms with van der Waals surface area (Å²) >= 11 is 23.6. The molecule has 8 nitrogen and oxygen atoms in total. The Labute approximate surface area is 243 Å². The summed E-state index contributed by atoms with van der Waals surface area (Å²) in [6.45, 7) is 2.97. The molecule has 0 aliphatic rings. The number of nitrogens with zero attached hydrogens (tertiary/aromatic N) is 6. The molecule has 38 heavy (non-hydrogen) atoms. The second kappa shape index (κ2) is 16.9. The lowest BCUT2D eigenvalue weighted by Gasteiger charge is -2.22. The molecule has 0 amide bonds. The van der Waals surface area contributed by atoms with E-state index >= 15 is 0 Å². The van der Waals surface area contributed by atoms with Crippen LogP contribution in [0.3, 0.4) is 0 Å².